The van der Waals surface area contributed by atoms with E-state index >= 15 is 0 Å². The molecule has 2 aromatic rings. The summed E-state index contributed by atoms with van der Waals surface area (Å²) in [6.45, 7) is 1.77. The molecule has 0 aliphatic rings. The van der Waals surface area contributed by atoms with E-state index in [4.69, 9.17) is 23.7 Å². The predicted molar refractivity (Wildman–Crippen MR) is 116 cm³/mol. The van der Waals surface area contributed by atoms with Crippen LogP contribution in [0.4, 0.5) is 0 Å². The number of carbonyl (C=O) groups excluding carboxylic acids is 3. The van der Waals surface area contributed by atoms with E-state index in [2.05, 4.69) is 0 Å². The Bertz CT molecular complexity index is 845. The highest BCUT2D eigenvalue weighted by atomic mass is 31.1. The van der Waals surface area contributed by atoms with Gasteiger partial charge < -0.3 is 23.7 Å². The summed E-state index contributed by atoms with van der Waals surface area (Å²) < 4.78 is 26.3. The number of benzene rings is 2. The van der Waals surface area contributed by atoms with Crippen LogP contribution >= 0.6 is 7.92 Å². The van der Waals surface area contributed by atoms with Gasteiger partial charge in [0.25, 0.3) is 0 Å². The average Bonchev–Trinajstić information content (AvgIpc) is 2.80. The number of rotatable bonds is 11. The predicted octanol–water partition coefficient (Wildman–Crippen LogP) is 3.75. The highest BCUT2D eigenvalue weighted by Crippen LogP contribution is 2.50. The summed E-state index contributed by atoms with van der Waals surface area (Å²) in [6, 6.07) is 9.66. The lowest BCUT2D eigenvalue weighted by Crippen LogP contribution is -2.18. The van der Waals surface area contributed by atoms with Crippen LogP contribution in [0.15, 0.2) is 36.4 Å². The van der Waals surface area contributed by atoms with Gasteiger partial charge in [-0.25, -0.2) is 0 Å². The topological polar surface area (TPSA) is 97.4 Å². The van der Waals surface area contributed by atoms with E-state index in [0.29, 0.717) is 0 Å². The molecule has 0 aromatic heterocycles. The first-order valence-corrected chi connectivity index (χ1v) is 10.9. The summed E-state index contributed by atoms with van der Waals surface area (Å²) in [7, 11) is 3.38. The molecule has 0 amide bonds. The second kappa shape index (κ2) is 11.3. The minimum absolute atomic E-state index is 0.0881. The smallest absolute Gasteiger partial charge is 0.311 e. The van der Waals surface area contributed by atoms with Crippen molar-refractivity contribution in [2.75, 3.05) is 41.2 Å². The van der Waals surface area contributed by atoms with Crippen LogP contribution in [0.1, 0.15) is 27.6 Å². The van der Waals surface area contributed by atoms with E-state index in [-0.39, 0.29) is 40.7 Å². The molecular formula is C22H25O8P. The van der Waals surface area contributed by atoms with Gasteiger partial charge in [-0.05, 0) is 31.2 Å². The minimum atomic E-state index is -2.25. The van der Waals surface area contributed by atoms with Crippen LogP contribution in [0.25, 0.3) is 0 Å². The molecule has 2 rings (SSSR count). The maximum Gasteiger partial charge on any atom is 0.311 e. The summed E-state index contributed by atoms with van der Waals surface area (Å²) in [6.07, 6.45) is -0.400. The zero-order valence-electron chi connectivity index (χ0n) is 18.1. The van der Waals surface area contributed by atoms with Crippen molar-refractivity contribution in [1.82, 2.24) is 0 Å². The van der Waals surface area contributed by atoms with E-state index in [0.717, 1.165) is 0 Å². The summed E-state index contributed by atoms with van der Waals surface area (Å²) in [5.41, 5.74) is -0.971. The zero-order valence-corrected chi connectivity index (χ0v) is 19.0. The molecule has 0 bridgehead atoms. The molecule has 0 aliphatic carbocycles. The Morgan fingerprint density at radius 1 is 0.710 bits per heavy atom. The van der Waals surface area contributed by atoms with Crippen molar-refractivity contribution in [1.29, 1.82) is 0 Å². The van der Waals surface area contributed by atoms with Crippen molar-refractivity contribution in [3.63, 3.8) is 0 Å². The van der Waals surface area contributed by atoms with Crippen molar-refractivity contribution in [2.45, 2.75) is 6.92 Å². The van der Waals surface area contributed by atoms with E-state index in [1.165, 1.54) is 28.4 Å². The first kappa shape index (κ1) is 24.2. The lowest BCUT2D eigenvalue weighted by Gasteiger charge is -2.20. The third-order valence-electron chi connectivity index (χ3n) is 4.37. The molecule has 0 radical (unpaired) electrons. The van der Waals surface area contributed by atoms with Crippen LogP contribution < -0.4 is 18.9 Å². The molecular weight excluding hydrogens is 423 g/mol. The van der Waals surface area contributed by atoms with Crippen molar-refractivity contribution in [2.24, 2.45) is 0 Å². The lowest BCUT2D eigenvalue weighted by atomic mass is 10.2. The Kier molecular flexibility index (Phi) is 8.82. The van der Waals surface area contributed by atoms with Crippen LogP contribution in [0.2, 0.25) is 0 Å². The standard InChI is InChI=1S/C22H25O8P/c1-6-30-18(23)13-31(21(24)19-14(26-2)9-7-10-15(19)27-3)22(25)20-16(28-4)11-8-12-17(20)29-5/h7-12H,6,13H2,1-5H3. The van der Waals surface area contributed by atoms with Gasteiger partial charge in [0, 0.05) is 0 Å². The Morgan fingerprint density at radius 3 is 1.35 bits per heavy atom. The molecule has 0 spiro atoms. The fourth-order valence-corrected chi connectivity index (χ4v) is 4.77. The van der Waals surface area contributed by atoms with Gasteiger partial charge >= 0.3 is 5.97 Å². The van der Waals surface area contributed by atoms with Crippen molar-refractivity contribution in [3.8, 4) is 23.0 Å². The number of ether oxygens (including phenoxy) is 5. The van der Waals surface area contributed by atoms with E-state index < -0.39 is 31.1 Å². The minimum Gasteiger partial charge on any atom is -0.496 e. The van der Waals surface area contributed by atoms with Gasteiger partial charge in [0.15, 0.2) is 11.0 Å². The molecule has 0 unspecified atom stereocenters. The SMILES string of the molecule is CCOC(=O)CP(C(=O)c1c(OC)cccc1OC)C(=O)c1c(OC)cccc1OC. The van der Waals surface area contributed by atoms with Gasteiger partial charge in [-0.2, -0.15) is 0 Å². The summed E-state index contributed by atoms with van der Waals surface area (Å²) in [5, 5.41) is 0. The molecule has 2 aromatic carbocycles. The van der Waals surface area contributed by atoms with Gasteiger partial charge in [0.2, 0.25) is 0 Å². The van der Waals surface area contributed by atoms with Crippen LogP contribution in [0.3, 0.4) is 0 Å². The molecule has 9 heteroatoms. The number of carbonyl (C=O) groups is 3. The molecule has 0 saturated heterocycles. The highest BCUT2D eigenvalue weighted by Gasteiger charge is 2.37. The van der Waals surface area contributed by atoms with Crippen molar-refractivity contribution in [3.05, 3.63) is 47.5 Å². The normalized spacial score (nSPS) is 10.4. The van der Waals surface area contributed by atoms with Crippen molar-refractivity contribution < 1.29 is 38.1 Å². The first-order valence-electron chi connectivity index (χ1n) is 9.37. The second-order valence-electron chi connectivity index (χ2n) is 6.08. The van der Waals surface area contributed by atoms with E-state index in [1.807, 2.05) is 0 Å². The Balaban J connectivity index is 2.64. The van der Waals surface area contributed by atoms with Gasteiger partial charge in [0.1, 0.15) is 34.1 Å². The molecule has 0 atom stereocenters. The Hall–Kier alpha value is -3.12. The summed E-state index contributed by atoms with van der Waals surface area (Å²) in [4.78, 5) is 39.5. The molecule has 0 aliphatic heterocycles. The Labute approximate surface area is 182 Å². The molecule has 0 heterocycles. The largest absolute Gasteiger partial charge is 0.496 e. The second-order valence-corrected chi connectivity index (χ2v) is 8.06. The fourth-order valence-electron chi connectivity index (χ4n) is 2.97. The van der Waals surface area contributed by atoms with E-state index in [1.54, 1.807) is 43.3 Å². The van der Waals surface area contributed by atoms with Gasteiger partial charge in [0.05, 0.1) is 49.1 Å². The number of hydrogen-bond acceptors (Lipinski definition) is 8. The fraction of sp³-hybridized carbons (Fsp3) is 0.318. The van der Waals surface area contributed by atoms with Gasteiger partial charge in [-0.15, -0.1) is 0 Å². The summed E-state index contributed by atoms with van der Waals surface area (Å²) in [5.74, 6) is 0.292. The van der Waals surface area contributed by atoms with Gasteiger partial charge in [-0.3, -0.25) is 14.4 Å². The van der Waals surface area contributed by atoms with Crippen LogP contribution in [-0.2, 0) is 9.53 Å². The monoisotopic (exact) mass is 448 g/mol. The van der Waals surface area contributed by atoms with Crippen LogP contribution in [-0.4, -0.2) is 58.2 Å². The zero-order chi connectivity index (χ0) is 23.0. The third-order valence-corrected chi connectivity index (χ3v) is 6.37. The van der Waals surface area contributed by atoms with Crippen LogP contribution in [0, 0.1) is 0 Å². The molecule has 31 heavy (non-hydrogen) atoms. The number of esters is 1. The first-order chi connectivity index (χ1) is 14.9. The van der Waals surface area contributed by atoms with E-state index in [9.17, 15) is 14.4 Å². The maximum absolute atomic E-state index is 13.6. The maximum atomic E-state index is 13.6. The molecule has 0 saturated carbocycles. The average molecular weight is 448 g/mol. The Morgan fingerprint density at radius 2 is 1.06 bits per heavy atom. The third kappa shape index (κ3) is 5.33. The quantitative estimate of drug-likeness (QED) is 0.379. The highest BCUT2D eigenvalue weighted by molar-refractivity contribution is 7.91. The van der Waals surface area contributed by atoms with Crippen molar-refractivity contribution >= 4 is 24.9 Å². The molecule has 0 N–H and O–H groups in total. The molecule has 0 fully saturated rings. The number of hydrogen-bond donors (Lipinski definition) is 0. The van der Waals surface area contributed by atoms with Gasteiger partial charge in [-0.1, -0.05) is 12.1 Å². The molecule has 8 nitrogen and oxygen atoms in total. The molecule has 166 valence electrons. The number of methoxy groups -OCH3 is 4. The summed E-state index contributed by atoms with van der Waals surface area (Å²) >= 11 is 0. The van der Waals surface area contributed by atoms with Crippen LogP contribution in [0.5, 0.6) is 23.0 Å². The lowest BCUT2D eigenvalue weighted by molar-refractivity contribution is -0.139.